The van der Waals surface area contributed by atoms with Crippen molar-refractivity contribution in [1.82, 2.24) is 19.4 Å². The number of nitro benzene ring substituents is 1. The van der Waals surface area contributed by atoms with Crippen LogP contribution in [0, 0.1) is 10.1 Å². The first-order valence-electron chi connectivity index (χ1n) is 11.5. The normalized spacial score (nSPS) is 14.3. The van der Waals surface area contributed by atoms with Gasteiger partial charge in [-0.05, 0) is 13.1 Å². The number of aryl methyl sites for hydroxylation is 1. The molecule has 1 aliphatic rings. The molecule has 5 rings (SSSR count). The van der Waals surface area contributed by atoms with Crippen LogP contribution in [0.15, 0.2) is 48.8 Å². The van der Waals surface area contributed by atoms with Crippen molar-refractivity contribution in [3.05, 3.63) is 63.9 Å². The lowest BCUT2D eigenvalue weighted by atomic mass is 10.1. The molecule has 2 aromatic heterocycles. The summed E-state index contributed by atoms with van der Waals surface area (Å²) in [5.41, 5.74) is 3.40. The molecule has 1 fully saturated rings. The van der Waals surface area contributed by atoms with Gasteiger partial charge in [0.05, 0.1) is 34.6 Å². The molecule has 0 atom stereocenters. The van der Waals surface area contributed by atoms with Gasteiger partial charge in [0.2, 0.25) is 5.95 Å². The minimum absolute atomic E-state index is 0.00825. The topological polar surface area (TPSA) is 102 Å². The third-order valence-corrected chi connectivity index (χ3v) is 6.76. The second kappa shape index (κ2) is 9.63. The monoisotopic (exact) mass is 507 g/mol. The lowest BCUT2D eigenvalue weighted by Gasteiger charge is -2.34. The second-order valence-corrected chi connectivity index (χ2v) is 9.18. The molecule has 4 aromatic rings. The van der Waals surface area contributed by atoms with E-state index >= 15 is 0 Å². The summed E-state index contributed by atoms with van der Waals surface area (Å²) in [6, 6.07) is 11.2. The van der Waals surface area contributed by atoms with Gasteiger partial charge in [-0.3, -0.25) is 10.1 Å². The number of hydrogen-bond donors (Lipinski definition) is 1. The maximum absolute atomic E-state index is 12.0. The zero-order valence-electron chi connectivity index (χ0n) is 20.2. The van der Waals surface area contributed by atoms with Gasteiger partial charge in [-0.15, -0.1) is 0 Å². The zero-order chi connectivity index (χ0) is 25.4. The molecule has 186 valence electrons. The summed E-state index contributed by atoms with van der Waals surface area (Å²) in [6.07, 6.45) is 3.49. The van der Waals surface area contributed by atoms with Gasteiger partial charge in [0.15, 0.2) is 0 Å². The van der Waals surface area contributed by atoms with Gasteiger partial charge in [0, 0.05) is 68.0 Å². The van der Waals surface area contributed by atoms with Crippen LogP contribution in [0.3, 0.4) is 0 Å². The highest BCUT2D eigenvalue weighted by atomic mass is 35.5. The molecule has 11 heteroatoms. The number of anilines is 3. The van der Waals surface area contributed by atoms with E-state index in [1.54, 1.807) is 6.07 Å². The number of rotatable bonds is 6. The molecule has 1 N–H and O–H groups in total. The molecule has 0 radical (unpaired) electrons. The summed E-state index contributed by atoms with van der Waals surface area (Å²) >= 11 is 6.50. The molecule has 10 nitrogen and oxygen atoms in total. The Kier molecular flexibility index (Phi) is 6.38. The Labute approximate surface area is 213 Å². The summed E-state index contributed by atoms with van der Waals surface area (Å²) in [6.45, 7) is 3.05. The van der Waals surface area contributed by atoms with Crippen LogP contribution in [0.25, 0.3) is 22.2 Å². The number of fused-ring (bicyclic) bond motifs is 1. The van der Waals surface area contributed by atoms with Crippen molar-refractivity contribution in [2.24, 2.45) is 7.05 Å². The summed E-state index contributed by atoms with van der Waals surface area (Å²) in [5, 5.41) is 16.5. The van der Waals surface area contributed by atoms with Crippen molar-refractivity contribution in [3.8, 4) is 17.0 Å². The molecule has 1 aliphatic heterocycles. The van der Waals surface area contributed by atoms with Gasteiger partial charge in [-0.25, -0.2) is 9.97 Å². The molecule has 0 unspecified atom stereocenters. The summed E-state index contributed by atoms with van der Waals surface area (Å²) in [5.74, 6) is 0.710. The van der Waals surface area contributed by atoms with Gasteiger partial charge >= 0.3 is 0 Å². The Morgan fingerprint density at radius 3 is 2.61 bits per heavy atom. The smallest absolute Gasteiger partial charge is 0.294 e. The minimum Gasteiger partial charge on any atom is -0.494 e. The van der Waals surface area contributed by atoms with Crippen LogP contribution in [0.4, 0.5) is 23.0 Å². The van der Waals surface area contributed by atoms with Crippen molar-refractivity contribution in [1.29, 1.82) is 0 Å². The van der Waals surface area contributed by atoms with Gasteiger partial charge in [0.1, 0.15) is 11.4 Å². The number of hydrogen-bond acceptors (Lipinski definition) is 8. The summed E-state index contributed by atoms with van der Waals surface area (Å²) < 4.78 is 7.61. The van der Waals surface area contributed by atoms with Crippen LogP contribution in [0.1, 0.15) is 0 Å². The first-order chi connectivity index (χ1) is 17.4. The van der Waals surface area contributed by atoms with Crippen molar-refractivity contribution in [2.45, 2.75) is 0 Å². The number of piperazine rings is 1. The maximum Gasteiger partial charge on any atom is 0.294 e. The lowest BCUT2D eigenvalue weighted by Crippen LogP contribution is -2.44. The van der Waals surface area contributed by atoms with Gasteiger partial charge < -0.3 is 24.4 Å². The Hall–Kier alpha value is -3.89. The number of para-hydroxylation sites is 1. The fourth-order valence-corrected chi connectivity index (χ4v) is 4.73. The summed E-state index contributed by atoms with van der Waals surface area (Å²) in [7, 11) is 5.54. The predicted molar refractivity (Wildman–Crippen MR) is 142 cm³/mol. The van der Waals surface area contributed by atoms with E-state index in [0.29, 0.717) is 40.9 Å². The Balaban J connectivity index is 1.53. The zero-order valence-corrected chi connectivity index (χ0v) is 21.0. The van der Waals surface area contributed by atoms with Crippen LogP contribution >= 0.6 is 11.6 Å². The van der Waals surface area contributed by atoms with E-state index in [0.717, 1.165) is 29.6 Å². The van der Waals surface area contributed by atoms with Gasteiger partial charge in [0.25, 0.3) is 5.69 Å². The van der Waals surface area contributed by atoms with E-state index in [1.165, 1.54) is 19.4 Å². The number of likely N-dealkylation sites (N-methyl/N-ethyl adjacent to an activating group) is 1. The fraction of sp³-hybridized carbons (Fsp3) is 0.280. The number of nitro groups is 1. The predicted octanol–water partition coefficient (Wildman–Crippen LogP) is 4.70. The van der Waals surface area contributed by atoms with E-state index < -0.39 is 0 Å². The SMILES string of the molecule is COc1cc(N2CCN(C)CC2)c([N+](=O)[O-])cc1Nc1ncc(Cl)c(-c2cn(C)c3ccccc23)n1. The van der Waals surface area contributed by atoms with E-state index in [1.807, 2.05) is 54.0 Å². The molecular weight excluding hydrogens is 482 g/mol. The second-order valence-electron chi connectivity index (χ2n) is 8.77. The molecule has 0 spiro atoms. The van der Waals surface area contributed by atoms with Crippen LogP contribution in [-0.4, -0.2) is 64.7 Å². The molecule has 0 bridgehead atoms. The molecular formula is C25H26ClN7O3. The highest BCUT2D eigenvalue weighted by Crippen LogP contribution is 2.40. The number of ether oxygens (including phenoxy) is 1. The van der Waals surface area contributed by atoms with E-state index in [4.69, 9.17) is 16.3 Å². The first-order valence-corrected chi connectivity index (χ1v) is 11.9. The number of methoxy groups -OCH3 is 1. The van der Waals surface area contributed by atoms with E-state index in [2.05, 4.69) is 20.2 Å². The van der Waals surface area contributed by atoms with Crippen LogP contribution in [0.2, 0.25) is 5.02 Å². The first kappa shape index (κ1) is 23.8. The number of aromatic nitrogens is 3. The molecule has 0 aliphatic carbocycles. The third-order valence-electron chi connectivity index (χ3n) is 6.48. The van der Waals surface area contributed by atoms with E-state index in [9.17, 15) is 10.1 Å². The molecule has 2 aromatic carbocycles. The maximum atomic E-state index is 12.0. The highest BCUT2D eigenvalue weighted by molar-refractivity contribution is 6.33. The number of nitrogens with one attached hydrogen (secondary N) is 1. The third kappa shape index (κ3) is 4.40. The average molecular weight is 508 g/mol. The lowest BCUT2D eigenvalue weighted by molar-refractivity contribution is -0.384. The quantitative estimate of drug-likeness (QED) is 0.296. The number of nitrogens with zero attached hydrogens (tertiary/aromatic N) is 6. The molecule has 36 heavy (non-hydrogen) atoms. The van der Waals surface area contributed by atoms with Crippen molar-refractivity contribution < 1.29 is 9.66 Å². The van der Waals surface area contributed by atoms with Crippen LogP contribution < -0.4 is 15.0 Å². The average Bonchev–Trinajstić information content (AvgIpc) is 3.21. The standard InChI is InChI=1S/C25H26ClN7O3/c1-30-8-10-32(11-9-30)21-13-23(36-3)19(12-22(21)33(34)35)28-25-27-14-18(26)24(29-25)17-15-31(2)20-7-5-4-6-16(17)20/h4-7,12-15H,8-11H2,1-3H3,(H,27,28,29). The number of halogens is 1. The molecule has 1 saturated heterocycles. The van der Waals surface area contributed by atoms with Crippen molar-refractivity contribution >= 4 is 45.5 Å². The van der Waals surface area contributed by atoms with Crippen molar-refractivity contribution in [2.75, 3.05) is 50.6 Å². The fourth-order valence-electron chi connectivity index (χ4n) is 4.54. The van der Waals surface area contributed by atoms with Crippen LogP contribution in [0.5, 0.6) is 5.75 Å². The Morgan fingerprint density at radius 2 is 1.89 bits per heavy atom. The highest BCUT2D eigenvalue weighted by Gasteiger charge is 2.26. The van der Waals surface area contributed by atoms with E-state index in [-0.39, 0.29) is 16.6 Å². The Bertz CT molecular complexity index is 1450. The Morgan fingerprint density at radius 1 is 1.14 bits per heavy atom. The molecule has 3 heterocycles. The minimum atomic E-state index is -0.372. The van der Waals surface area contributed by atoms with Gasteiger partial charge in [-0.2, -0.15) is 0 Å². The van der Waals surface area contributed by atoms with Crippen molar-refractivity contribution in [3.63, 3.8) is 0 Å². The van der Waals surface area contributed by atoms with Gasteiger partial charge in [-0.1, -0.05) is 29.8 Å². The molecule has 0 amide bonds. The number of benzene rings is 2. The van der Waals surface area contributed by atoms with Crippen LogP contribution in [-0.2, 0) is 7.05 Å². The summed E-state index contributed by atoms with van der Waals surface area (Å²) in [4.78, 5) is 24.8. The largest absolute Gasteiger partial charge is 0.494 e. The molecule has 0 saturated carbocycles.